The minimum absolute atomic E-state index is 0.0178. The number of hydrogen-bond donors (Lipinski definition) is 5. The number of methoxy groups -OCH3 is 1. The van der Waals surface area contributed by atoms with Crippen molar-refractivity contribution in [3.05, 3.63) is 11.6 Å². The highest BCUT2D eigenvalue weighted by molar-refractivity contribution is 5.77. The average Bonchev–Trinajstić information content (AvgIpc) is 2.98. The van der Waals surface area contributed by atoms with Gasteiger partial charge in [0.2, 0.25) is 0 Å². The van der Waals surface area contributed by atoms with E-state index in [2.05, 4.69) is 54.5 Å². The van der Waals surface area contributed by atoms with Gasteiger partial charge in [-0.1, -0.05) is 60.1 Å². The van der Waals surface area contributed by atoms with Crippen LogP contribution in [0.1, 0.15) is 106 Å². The van der Waals surface area contributed by atoms with Crippen molar-refractivity contribution in [1.82, 2.24) is 0 Å². The van der Waals surface area contributed by atoms with Crippen LogP contribution >= 0.6 is 0 Å². The Hall–Kier alpha value is -1.56. The van der Waals surface area contributed by atoms with E-state index in [-0.39, 0.29) is 50.9 Å². The number of hydrogen-bond acceptors (Lipinski definition) is 8. The van der Waals surface area contributed by atoms with Gasteiger partial charge in [0.05, 0.1) is 18.1 Å². The molecule has 5 fully saturated rings. The highest BCUT2D eigenvalue weighted by Crippen LogP contribution is 2.76. The summed E-state index contributed by atoms with van der Waals surface area (Å²) in [6.07, 6.45) is 1.70. The van der Waals surface area contributed by atoms with Crippen LogP contribution in [0.15, 0.2) is 11.6 Å². The van der Waals surface area contributed by atoms with Crippen LogP contribution in [-0.2, 0) is 23.8 Å². The van der Waals surface area contributed by atoms with Gasteiger partial charge in [0.15, 0.2) is 12.4 Å². The molecule has 10 nitrogen and oxygen atoms in total. The van der Waals surface area contributed by atoms with Gasteiger partial charge >= 0.3 is 11.9 Å². The highest BCUT2D eigenvalue weighted by atomic mass is 16.7. The van der Waals surface area contributed by atoms with Crippen LogP contribution in [0, 0.1) is 56.2 Å². The van der Waals surface area contributed by atoms with Gasteiger partial charge in [-0.25, -0.2) is 4.79 Å². The maximum Gasteiger partial charge on any atom is 0.335 e. The van der Waals surface area contributed by atoms with Gasteiger partial charge in [0.1, 0.15) is 18.3 Å². The van der Waals surface area contributed by atoms with Crippen LogP contribution in [0.3, 0.4) is 0 Å². The Labute approximate surface area is 285 Å². The van der Waals surface area contributed by atoms with E-state index in [1.807, 2.05) is 0 Å². The summed E-state index contributed by atoms with van der Waals surface area (Å²) >= 11 is 0. The summed E-state index contributed by atoms with van der Waals surface area (Å²) in [5.41, 5.74) is 0.0504. The van der Waals surface area contributed by atoms with Crippen molar-refractivity contribution in [3.8, 4) is 0 Å². The van der Waals surface area contributed by atoms with E-state index < -0.39 is 48.1 Å². The van der Waals surface area contributed by atoms with E-state index in [1.54, 1.807) is 7.11 Å². The van der Waals surface area contributed by atoms with E-state index in [4.69, 9.17) is 14.2 Å². The van der Waals surface area contributed by atoms with Crippen LogP contribution in [-0.4, -0.2) is 88.0 Å². The molecule has 0 aromatic carbocycles. The lowest BCUT2D eigenvalue weighted by atomic mass is 9.33. The Balaban J connectivity index is 1.31. The smallest absolute Gasteiger partial charge is 0.335 e. The third kappa shape index (κ3) is 4.93. The molecule has 4 saturated carbocycles. The van der Waals surface area contributed by atoms with Gasteiger partial charge in [-0.15, -0.1) is 0 Å². The first-order valence-electron chi connectivity index (χ1n) is 18.2. The molecule has 0 aromatic heterocycles. The molecule has 10 heteroatoms. The molecule has 14 atom stereocenters. The topological polar surface area (TPSA) is 163 Å². The molecule has 48 heavy (non-hydrogen) atoms. The van der Waals surface area contributed by atoms with Crippen LogP contribution in [0.25, 0.3) is 0 Å². The fourth-order valence-electron chi connectivity index (χ4n) is 13.1. The second kappa shape index (κ2) is 11.7. The van der Waals surface area contributed by atoms with Crippen molar-refractivity contribution < 1.29 is 49.3 Å². The number of carboxylic acids is 2. The number of rotatable bonds is 6. The number of carbonyl (C=O) groups is 2. The van der Waals surface area contributed by atoms with E-state index in [1.165, 1.54) is 5.57 Å². The van der Waals surface area contributed by atoms with E-state index >= 15 is 0 Å². The normalized spacial score (nSPS) is 50.9. The second-order valence-electron chi connectivity index (χ2n) is 18.6. The largest absolute Gasteiger partial charge is 0.481 e. The Morgan fingerprint density at radius 3 is 2.19 bits per heavy atom. The van der Waals surface area contributed by atoms with Crippen molar-refractivity contribution in [3.63, 3.8) is 0 Å². The quantitative estimate of drug-likeness (QED) is 0.191. The fourth-order valence-corrected chi connectivity index (χ4v) is 13.1. The molecule has 14 unspecified atom stereocenters. The molecule has 1 aliphatic heterocycles. The van der Waals surface area contributed by atoms with Gasteiger partial charge in [-0.3, -0.25) is 4.79 Å². The predicted molar refractivity (Wildman–Crippen MR) is 177 cm³/mol. The zero-order valence-corrected chi connectivity index (χ0v) is 30.2. The SMILES string of the molecule is COCC1CC(C)(C)CC2C3=CCC4C5(C)CCC(OC6OC(C(=O)O)C(O)C(O)C6O)C(C)(C)C5CCC4(C)C3(C)CCC12C(=O)O. The first kappa shape index (κ1) is 36.2. The van der Waals surface area contributed by atoms with Crippen molar-refractivity contribution in [2.75, 3.05) is 13.7 Å². The molecule has 0 amide bonds. The second-order valence-corrected chi connectivity index (χ2v) is 18.6. The number of fused-ring (bicyclic) bond motifs is 7. The number of carboxylic acid groups (broad SMARTS) is 2. The molecule has 6 rings (SSSR count). The molecular weight excluding hydrogens is 616 g/mol. The molecule has 5 N–H and O–H groups in total. The molecule has 0 spiro atoms. The highest BCUT2D eigenvalue weighted by Gasteiger charge is 2.71. The summed E-state index contributed by atoms with van der Waals surface area (Å²) in [6.45, 7) is 16.8. The predicted octanol–water partition coefficient (Wildman–Crippen LogP) is 5.02. The molecular formula is C38H60O10. The number of ether oxygens (including phenoxy) is 3. The summed E-state index contributed by atoms with van der Waals surface area (Å²) in [5, 5.41) is 51.9. The Bertz CT molecular complexity index is 1330. The van der Waals surface area contributed by atoms with Gasteiger partial charge < -0.3 is 39.7 Å². The molecule has 0 aromatic rings. The summed E-state index contributed by atoms with van der Waals surface area (Å²) < 4.78 is 17.6. The Morgan fingerprint density at radius 2 is 1.56 bits per heavy atom. The average molecular weight is 677 g/mol. The van der Waals surface area contributed by atoms with Crippen molar-refractivity contribution in [1.29, 1.82) is 0 Å². The summed E-state index contributed by atoms with van der Waals surface area (Å²) in [6, 6.07) is 0. The van der Waals surface area contributed by atoms with Gasteiger partial charge in [0, 0.05) is 7.11 Å². The van der Waals surface area contributed by atoms with Crippen LogP contribution in [0.2, 0.25) is 0 Å². The lowest BCUT2D eigenvalue weighted by Crippen LogP contribution is -2.66. The Kier molecular flexibility index (Phi) is 8.86. The van der Waals surface area contributed by atoms with Gasteiger partial charge in [-0.2, -0.15) is 0 Å². The summed E-state index contributed by atoms with van der Waals surface area (Å²) in [5.74, 6) is -1.49. The molecule has 0 radical (unpaired) electrons. The number of allylic oxidation sites excluding steroid dienone is 2. The maximum atomic E-state index is 13.4. The first-order chi connectivity index (χ1) is 22.2. The molecule has 5 aliphatic carbocycles. The lowest BCUT2D eigenvalue weighted by molar-refractivity contribution is -0.324. The first-order valence-corrected chi connectivity index (χ1v) is 18.2. The van der Waals surface area contributed by atoms with Crippen molar-refractivity contribution in [2.24, 2.45) is 56.2 Å². The van der Waals surface area contributed by atoms with Crippen LogP contribution < -0.4 is 0 Å². The number of aliphatic hydroxyl groups is 3. The molecule has 272 valence electrons. The van der Waals surface area contributed by atoms with Crippen molar-refractivity contribution in [2.45, 2.75) is 143 Å². The van der Waals surface area contributed by atoms with E-state index in [0.29, 0.717) is 25.4 Å². The van der Waals surface area contributed by atoms with Gasteiger partial charge in [-0.05, 0) is 109 Å². The van der Waals surface area contributed by atoms with E-state index in [0.717, 1.165) is 44.9 Å². The standard InChI is InChI=1S/C38H60O10/c1-33(2)17-20(19-46-8)38(32(44)45)16-15-36(6)21(22(38)18-33)9-10-24-35(5)13-12-25(34(3,4)23(35)11-14-37(24,36)7)47-31-28(41)26(39)27(40)29(48-31)30(42)43/h9,20,22-29,31,39-41H,10-19H2,1-8H3,(H,42,43)(H,44,45). The van der Waals surface area contributed by atoms with Crippen molar-refractivity contribution >= 4 is 11.9 Å². The molecule has 0 bridgehead atoms. The lowest BCUT2D eigenvalue weighted by Gasteiger charge is -2.71. The van der Waals surface area contributed by atoms with Gasteiger partial charge in [0.25, 0.3) is 0 Å². The fraction of sp³-hybridized carbons (Fsp3) is 0.895. The molecule has 1 saturated heterocycles. The summed E-state index contributed by atoms with van der Waals surface area (Å²) in [4.78, 5) is 25.1. The zero-order valence-electron chi connectivity index (χ0n) is 30.2. The third-order valence-corrected chi connectivity index (χ3v) is 15.7. The Morgan fingerprint density at radius 1 is 0.875 bits per heavy atom. The minimum atomic E-state index is -1.76. The molecule has 1 heterocycles. The van der Waals surface area contributed by atoms with Crippen LogP contribution in [0.4, 0.5) is 0 Å². The van der Waals surface area contributed by atoms with E-state index in [9.17, 15) is 35.1 Å². The number of aliphatic carboxylic acids is 2. The van der Waals surface area contributed by atoms with Crippen LogP contribution in [0.5, 0.6) is 0 Å². The minimum Gasteiger partial charge on any atom is -0.481 e. The maximum absolute atomic E-state index is 13.4. The monoisotopic (exact) mass is 676 g/mol. The molecule has 6 aliphatic rings. The number of aliphatic hydroxyl groups excluding tert-OH is 3. The third-order valence-electron chi connectivity index (χ3n) is 15.7. The summed E-state index contributed by atoms with van der Waals surface area (Å²) in [7, 11) is 1.69. The zero-order chi connectivity index (χ0) is 35.4.